The van der Waals surface area contributed by atoms with Crippen LogP contribution in [0.15, 0.2) is 0 Å². The maximum absolute atomic E-state index is 13.2. The molecule has 0 aromatic carbocycles. The van der Waals surface area contributed by atoms with E-state index in [0.29, 0.717) is 26.2 Å². The molecular formula is C20H36N4O3. The molecule has 0 bridgehead atoms. The molecule has 0 unspecified atom stereocenters. The minimum absolute atomic E-state index is 0.240. The zero-order valence-electron chi connectivity index (χ0n) is 16.9. The van der Waals surface area contributed by atoms with E-state index in [9.17, 15) is 9.59 Å². The number of amides is 2. The number of ether oxygens (including phenoxy) is 1. The van der Waals surface area contributed by atoms with Gasteiger partial charge in [-0.25, -0.2) is 0 Å². The molecule has 7 heteroatoms. The molecule has 3 aliphatic rings. The Morgan fingerprint density at radius 3 is 2.11 bits per heavy atom. The van der Waals surface area contributed by atoms with Crippen molar-refractivity contribution in [3.63, 3.8) is 0 Å². The Bertz CT molecular complexity index is 486. The fourth-order valence-electron chi connectivity index (χ4n) is 4.66. The quantitative estimate of drug-likeness (QED) is 0.755. The van der Waals surface area contributed by atoms with Crippen LogP contribution in [0, 0.1) is 5.41 Å². The van der Waals surface area contributed by atoms with E-state index in [1.165, 1.54) is 12.8 Å². The molecule has 7 nitrogen and oxygen atoms in total. The highest BCUT2D eigenvalue weighted by molar-refractivity contribution is 5.83. The van der Waals surface area contributed by atoms with Crippen LogP contribution in [-0.4, -0.2) is 99.1 Å². The average Bonchev–Trinajstić information content (AvgIpc) is 2.99. The monoisotopic (exact) mass is 380 g/mol. The molecule has 3 fully saturated rings. The van der Waals surface area contributed by atoms with Crippen LogP contribution in [0.4, 0.5) is 0 Å². The summed E-state index contributed by atoms with van der Waals surface area (Å²) in [5, 5.41) is 3.34. The van der Waals surface area contributed by atoms with Gasteiger partial charge in [-0.05, 0) is 38.8 Å². The molecule has 0 saturated carbocycles. The lowest BCUT2D eigenvalue weighted by Gasteiger charge is -2.42. The molecule has 2 amide bonds. The second-order valence-corrected chi connectivity index (χ2v) is 8.33. The van der Waals surface area contributed by atoms with Gasteiger partial charge >= 0.3 is 0 Å². The number of hydrogen-bond donors (Lipinski definition) is 1. The molecule has 0 aliphatic carbocycles. The highest BCUT2D eigenvalue weighted by atomic mass is 16.5. The first-order valence-corrected chi connectivity index (χ1v) is 10.6. The van der Waals surface area contributed by atoms with Gasteiger partial charge in [0.05, 0.1) is 18.6 Å². The SMILES string of the molecule is COCC1(C(=O)N2CCN(CC(=O)N3CCCCCC3)CC2)CCNCC1. The summed E-state index contributed by atoms with van der Waals surface area (Å²) in [6, 6.07) is 0. The van der Waals surface area contributed by atoms with Crippen molar-refractivity contribution < 1.29 is 14.3 Å². The molecule has 0 radical (unpaired) electrons. The van der Waals surface area contributed by atoms with Gasteiger partial charge in [0.15, 0.2) is 0 Å². The molecular weight excluding hydrogens is 344 g/mol. The third-order valence-corrected chi connectivity index (χ3v) is 6.41. The van der Waals surface area contributed by atoms with Crippen molar-refractivity contribution in [2.75, 3.05) is 72.6 Å². The molecule has 154 valence electrons. The van der Waals surface area contributed by atoms with E-state index in [4.69, 9.17) is 4.74 Å². The van der Waals surface area contributed by atoms with Crippen LogP contribution >= 0.6 is 0 Å². The molecule has 3 rings (SSSR count). The number of carbonyl (C=O) groups excluding carboxylic acids is 2. The number of nitrogens with one attached hydrogen (secondary N) is 1. The lowest BCUT2D eigenvalue weighted by atomic mass is 9.78. The molecule has 3 aliphatic heterocycles. The first-order chi connectivity index (χ1) is 13.1. The van der Waals surface area contributed by atoms with Crippen LogP contribution in [0.1, 0.15) is 38.5 Å². The van der Waals surface area contributed by atoms with Gasteiger partial charge in [0.25, 0.3) is 0 Å². The maximum atomic E-state index is 13.2. The number of piperazine rings is 1. The molecule has 0 spiro atoms. The Morgan fingerprint density at radius 2 is 1.52 bits per heavy atom. The van der Waals surface area contributed by atoms with Crippen molar-refractivity contribution in [3.8, 4) is 0 Å². The van der Waals surface area contributed by atoms with Crippen LogP contribution in [0.3, 0.4) is 0 Å². The van der Waals surface area contributed by atoms with E-state index in [0.717, 1.165) is 65.0 Å². The van der Waals surface area contributed by atoms with Gasteiger partial charge in [-0.3, -0.25) is 14.5 Å². The number of hydrogen-bond acceptors (Lipinski definition) is 5. The number of nitrogens with zero attached hydrogens (tertiary/aromatic N) is 3. The van der Waals surface area contributed by atoms with Crippen molar-refractivity contribution in [2.45, 2.75) is 38.5 Å². The average molecular weight is 381 g/mol. The highest BCUT2D eigenvalue weighted by Gasteiger charge is 2.42. The molecule has 27 heavy (non-hydrogen) atoms. The summed E-state index contributed by atoms with van der Waals surface area (Å²) >= 11 is 0. The molecule has 0 aromatic heterocycles. The van der Waals surface area contributed by atoms with E-state index >= 15 is 0 Å². The van der Waals surface area contributed by atoms with Gasteiger partial charge < -0.3 is 19.9 Å². The summed E-state index contributed by atoms with van der Waals surface area (Å²) in [4.78, 5) is 32.0. The summed E-state index contributed by atoms with van der Waals surface area (Å²) in [6.07, 6.45) is 6.42. The third kappa shape index (κ3) is 5.21. The second kappa shape index (κ2) is 9.85. The Morgan fingerprint density at radius 1 is 0.889 bits per heavy atom. The lowest BCUT2D eigenvalue weighted by molar-refractivity contribution is -0.149. The fourth-order valence-corrected chi connectivity index (χ4v) is 4.66. The molecule has 1 N–H and O–H groups in total. The zero-order chi connectivity index (χ0) is 19.1. The predicted molar refractivity (Wildman–Crippen MR) is 104 cm³/mol. The van der Waals surface area contributed by atoms with Gasteiger partial charge in [-0.1, -0.05) is 12.8 Å². The van der Waals surface area contributed by atoms with Crippen LogP contribution in [0.25, 0.3) is 0 Å². The number of rotatable bonds is 5. The Hall–Kier alpha value is -1.18. The second-order valence-electron chi connectivity index (χ2n) is 8.33. The Labute approximate surface area is 163 Å². The summed E-state index contributed by atoms with van der Waals surface area (Å²) in [6.45, 7) is 7.56. The number of carbonyl (C=O) groups is 2. The molecule has 3 heterocycles. The summed E-state index contributed by atoms with van der Waals surface area (Å²) < 4.78 is 5.41. The van der Waals surface area contributed by atoms with Crippen LogP contribution in [0.2, 0.25) is 0 Å². The van der Waals surface area contributed by atoms with E-state index in [2.05, 4.69) is 10.2 Å². The Kier molecular flexibility index (Phi) is 7.49. The first kappa shape index (κ1) is 20.6. The third-order valence-electron chi connectivity index (χ3n) is 6.41. The Balaban J connectivity index is 1.49. The smallest absolute Gasteiger partial charge is 0.236 e. The number of piperidine rings is 1. The fraction of sp³-hybridized carbons (Fsp3) is 0.900. The predicted octanol–water partition coefficient (Wildman–Crippen LogP) is 0.549. The minimum atomic E-state index is -0.371. The van der Waals surface area contributed by atoms with Crippen LogP contribution in [0.5, 0.6) is 0 Å². The summed E-state index contributed by atoms with van der Waals surface area (Å²) in [5.41, 5.74) is -0.371. The van der Waals surface area contributed by atoms with Gasteiger partial charge in [-0.15, -0.1) is 0 Å². The summed E-state index contributed by atoms with van der Waals surface area (Å²) in [7, 11) is 1.68. The van der Waals surface area contributed by atoms with Crippen LogP contribution < -0.4 is 5.32 Å². The number of likely N-dealkylation sites (tertiary alicyclic amines) is 1. The molecule has 0 aromatic rings. The zero-order valence-corrected chi connectivity index (χ0v) is 16.9. The van der Waals surface area contributed by atoms with E-state index in [-0.39, 0.29) is 17.2 Å². The van der Waals surface area contributed by atoms with Gasteiger partial charge in [0.1, 0.15) is 0 Å². The maximum Gasteiger partial charge on any atom is 0.236 e. The van der Waals surface area contributed by atoms with Gasteiger partial charge in [-0.2, -0.15) is 0 Å². The van der Waals surface area contributed by atoms with Crippen molar-refractivity contribution >= 4 is 11.8 Å². The van der Waals surface area contributed by atoms with E-state index in [1.54, 1.807) is 7.11 Å². The van der Waals surface area contributed by atoms with Crippen molar-refractivity contribution in [1.29, 1.82) is 0 Å². The van der Waals surface area contributed by atoms with E-state index < -0.39 is 0 Å². The first-order valence-electron chi connectivity index (χ1n) is 10.6. The normalized spacial score (nSPS) is 24.5. The largest absolute Gasteiger partial charge is 0.384 e. The highest BCUT2D eigenvalue weighted by Crippen LogP contribution is 2.32. The number of methoxy groups -OCH3 is 1. The standard InChI is InChI=1S/C20H36N4O3/c1-27-17-20(6-8-21-9-7-20)19(26)24-14-12-22(13-15-24)16-18(25)23-10-4-2-3-5-11-23/h21H,2-17H2,1H3. The lowest BCUT2D eigenvalue weighted by Crippen LogP contribution is -2.57. The van der Waals surface area contributed by atoms with Crippen molar-refractivity contribution in [2.24, 2.45) is 5.41 Å². The van der Waals surface area contributed by atoms with E-state index in [1.807, 2.05) is 9.80 Å². The van der Waals surface area contributed by atoms with Crippen LogP contribution in [-0.2, 0) is 14.3 Å². The summed E-state index contributed by atoms with van der Waals surface area (Å²) in [5.74, 6) is 0.496. The molecule has 0 atom stereocenters. The minimum Gasteiger partial charge on any atom is -0.384 e. The van der Waals surface area contributed by atoms with Gasteiger partial charge in [0.2, 0.25) is 11.8 Å². The van der Waals surface area contributed by atoms with Crippen molar-refractivity contribution in [1.82, 2.24) is 20.0 Å². The molecule has 3 saturated heterocycles. The van der Waals surface area contributed by atoms with Crippen molar-refractivity contribution in [3.05, 3.63) is 0 Å². The van der Waals surface area contributed by atoms with Gasteiger partial charge in [0, 0.05) is 46.4 Å². The topological polar surface area (TPSA) is 65.1 Å².